The van der Waals surface area contributed by atoms with Gasteiger partial charge in [0.05, 0.1) is 6.54 Å². The van der Waals surface area contributed by atoms with Crippen LogP contribution in [-0.2, 0) is 17.9 Å². The number of nitrogens with zero attached hydrogens (tertiary/aromatic N) is 2. The van der Waals surface area contributed by atoms with E-state index in [-0.39, 0.29) is 48.2 Å². The molecule has 7 nitrogen and oxygen atoms in total. The highest BCUT2D eigenvalue weighted by atomic mass is 127. The molecule has 0 aromatic heterocycles. The standard InChI is InChI=1S/C21H24FN5O2.HI/c1-23-21(26-13-17-4-2-3-5-18(17)22)25-12-15-6-8-16(9-7-15)20(29)27-11-10-24-19(28)14-27;/h2-9H,10-14H2,1H3,(H,24,28)(H2,23,25,26);1H. The molecule has 1 heterocycles. The fraction of sp³-hybridized carbons (Fsp3) is 0.286. The number of aliphatic imine (C=N–C) groups is 1. The maximum atomic E-state index is 13.7. The Morgan fingerprint density at radius 1 is 1.13 bits per heavy atom. The molecule has 1 fully saturated rings. The van der Waals surface area contributed by atoms with Crippen LogP contribution in [0.5, 0.6) is 0 Å². The molecule has 3 rings (SSSR count). The SMILES string of the molecule is CN=C(NCc1ccc(C(=O)N2CCNC(=O)C2)cc1)NCc1ccccc1F.I. The zero-order valence-electron chi connectivity index (χ0n) is 16.7. The van der Waals surface area contributed by atoms with E-state index in [0.29, 0.717) is 43.3 Å². The fourth-order valence-electron chi connectivity index (χ4n) is 2.99. The van der Waals surface area contributed by atoms with E-state index in [0.717, 1.165) is 5.56 Å². The summed E-state index contributed by atoms with van der Waals surface area (Å²) in [6.45, 7) is 1.90. The van der Waals surface area contributed by atoms with Gasteiger partial charge in [-0.15, -0.1) is 24.0 Å². The molecule has 30 heavy (non-hydrogen) atoms. The monoisotopic (exact) mass is 525 g/mol. The molecule has 0 bridgehead atoms. The summed E-state index contributed by atoms with van der Waals surface area (Å²) in [4.78, 5) is 29.6. The van der Waals surface area contributed by atoms with Gasteiger partial charge in [0.1, 0.15) is 5.82 Å². The minimum atomic E-state index is -0.262. The molecule has 0 spiro atoms. The van der Waals surface area contributed by atoms with E-state index in [4.69, 9.17) is 0 Å². The first kappa shape index (κ1) is 23.6. The Bertz CT molecular complexity index is 905. The molecular weight excluding hydrogens is 500 g/mol. The number of carbonyl (C=O) groups excluding carboxylic acids is 2. The summed E-state index contributed by atoms with van der Waals surface area (Å²) in [5, 5.41) is 8.94. The molecule has 3 N–H and O–H groups in total. The molecule has 0 radical (unpaired) electrons. The lowest BCUT2D eigenvalue weighted by molar-refractivity contribution is -0.123. The molecule has 2 amide bonds. The minimum Gasteiger partial charge on any atom is -0.353 e. The van der Waals surface area contributed by atoms with Crippen molar-refractivity contribution in [2.75, 3.05) is 26.7 Å². The number of benzene rings is 2. The Balaban J connectivity index is 0.00000320. The molecule has 2 aromatic carbocycles. The average Bonchev–Trinajstić information content (AvgIpc) is 2.75. The number of carbonyl (C=O) groups is 2. The Morgan fingerprint density at radius 3 is 2.50 bits per heavy atom. The molecule has 1 aliphatic rings. The third-order valence-corrected chi connectivity index (χ3v) is 4.61. The summed E-state index contributed by atoms with van der Waals surface area (Å²) in [5.41, 5.74) is 2.07. The zero-order chi connectivity index (χ0) is 20.6. The highest BCUT2D eigenvalue weighted by molar-refractivity contribution is 14.0. The Kier molecular flexibility index (Phi) is 9.03. The number of halogens is 2. The maximum Gasteiger partial charge on any atom is 0.254 e. The van der Waals surface area contributed by atoms with Gasteiger partial charge in [0.2, 0.25) is 5.91 Å². The topological polar surface area (TPSA) is 85.8 Å². The molecule has 9 heteroatoms. The van der Waals surface area contributed by atoms with Crippen molar-refractivity contribution in [2.24, 2.45) is 4.99 Å². The molecule has 160 valence electrons. The van der Waals surface area contributed by atoms with Crippen molar-refractivity contribution in [3.05, 3.63) is 71.0 Å². The van der Waals surface area contributed by atoms with Gasteiger partial charge in [-0.3, -0.25) is 14.6 Å². The van der Waals surface area contributed by atoms with Crippen molar-refractivity contribution in [1.29, 1.82) is 0 Å². The zero-order valence-corrected chi connectivity index (χ0v) is 19.0. The van der Waals surface area contributed by atoms with Crippen molar-refractivity contribution in [3.63, 3.8) is 0 Å². The van der Waals surface area contributed by atoms with Crippen LogP contribution in [0.1, 0.15) is 21.5 Å². The molecule has 2 aromatic rings. The number of guanidine groups is 1. The predicted molar refractivity (Wildman–Crippen MR) is 124 cm³/mol. The molecule has 1 saturated heterocycles. The Labute approximate surface area is 192 Å². The number of hydrogen-bond acceptors (Lipinski definition) is 3. The van der Waals surface area contributed by atoms with E-state index >= 15 is 0 Å². The van der Waals surface area contributed by atoms with Crippen LogP contribution in [0.25, 0.3) is 0 Å². The number of hydrogen-bond donors (Lipinski definition) is 3. The largest absolute Gasteiger partial charge is 0.353 e. The highest BCUT2D eigenvalue weighted by Crippen LogP contribution is 2.09. The van der Waals surface area contributed by atoms with Crippen LogP contribution in [-0.4, -0.2) is 49.4 Å². The van der Waals surface area contributed by atoms with Crippen LogP contribution >= 0.6 is 24.0 Å². The van der Waals surface area contributed by atoms with E-state index in [1.54, 1.807) is 42.3 Å². The first-order chi connectivity index (χ1) is 14.1. The first-order valence-corrected chi connectivity index (χ1v) is 9.39. The smallest absolute Gasteiger partial charge is 0.254 e. The summed E-state index contributed by atoms with van der Waals surface area (Å²) in [6, 6.07) is 13.8. The second kappa shape index (κ2) is 11.5. The third-order valence-electron chi connectivity index (χ3n) is 4.61. The van der Waals surface area contributed by atoms with Gasteiger partial charge in [-0.25, -0.2) is 4.39 Å². The van der Waals surface area contributed by atoms with Gasteiger partial charge in [-0.05, 0) is 23.8 Å². The highest BCUT2D eigenvalue weighted by Gasteiger charge is 2.22. The predicted octanol–water partition coefficient (Wildman–Crippen LogP) is 1.88. The van der Waals surface area contributed by atoms with Gasteiger partial charge in [0.25, 0.3) is 5.91 Å². The van der Waals surface area contributed by atoms with Crippen molar-refractivity contribution >= 4 is 41.8 Å². The quantitative estimate of drug-likeness (QED) is 0.316. The Hall–Kier alpha value is -2.69. The first-order valence-electron chi connectivity index (χ1n) is 9.39. The van der Waals surface area contributed by atoms with Crippen LogP contribution in [0, 0.1) is 5.82 Å². The van der Waals surface area contributed by atoms with Crippen LogP contribution in [0.3, 0.4) is 0 Å². The van der Waals surface area contributed by atoms with E-state index < -0.39 is 0 Å². The minimum absolute atomic E-state index is 0. The third kappa shape index (κ3) is 6.41. The second-order valence-electron chi connectivity index (χ2n) is 6.64. The van der Waals surface area contributed by atoms with Crippen LogP contribution in [0.2, 0.25) is 0 Å². The summed E-state index contributed by atoms with van der Waals surface area (Å²) >= 11 is 0. The van der Waals surface area contributed by atoms with E-state index in [1.807, 2.05) is 12.1 Å². The lowest BCUT2D eigenvalue weighted by Crippen LogP contribution is -2.49. The number of rotatable bonds is 5. The van der Waals surface area contributed by atoms with Gasteiger partial charge in [-0.1, -0.05) is 30.3 Å². The molecule has 0 saturated carbocycles. The van der Waals surface area contributed by atoms with E-state index in [9.17, 15) is 14.0 Å². The van der Waals surface area contributed by atoms with Crippen LogP contribution in [0.4, 0.5) is 4.39 Å². The second-order valence-corrected chi connectivity index (χ2v) is 6.64. The van der Waals surface area contributed by atoms with Crippen molar-refractivity contribution in [2.45, 2.75) is 13.1 Å². The molecule has 0 unspecified atom stereocenters. The summed E-state index contributed by atoms with van der Waals surface area (Å²) in [6.07, 6.45) is 0. The van der Waals surface area contributed by atoms with Crippen LogP contribution in [0.15, 0.2) is 53.5 Å². The average molecular weight is 525 g/mol. The number of amides is 2. The normalized spacial score (nSPS) is 13.9. The Morgan fingerprint density at radius 2 is 1.83 bits per heavy atom. The van der Waals surface area contributed by atoms with Crippen molar-refractivity contribution in [1.82, 2.24) is 20.9 Å². The number of piperazine rings is 1. The number of nitrogens with one attached hydrogen (secondary N) is 3. The summed E-state index contributed by atoms with van der Waals surface area (Å²) in [7, 11) is 1.65. The fourth-order valence-corrected chi connectivity index (χ4v) is 2.99. The molecular formula is C21H25FIN5O2. The molecule has 0 aliphatic carbocycles. The van der Waals surface area contributed by atoms with Gasteiger partial charge < -0.3 is 20.9 Å². The van der Waals surface area contributed by atoms with Gasteiger partial charge in [-0.2, -0.15) is 0 Å². The summed E-state index contributed by atoms with van der Waals surface area (Å²) < 4.78 is 13.7. The van der Waals surface area contributed by atoms with Crippen LogP contribution < -0.4 is 16.0 Å². The lowest BCUT2D eigenvalue weighted by Gasteiger charge is -2.26. The maximum absolute atomic E-state index is 13.7. The van der Waals surface area contributed by atoms with E-state index in [2.05, 4.69) is 20.9 Å². The van der Waals surface area contributed by atoms with Gasteiger partial charge in [0, 0.05) is 44.4 Å². The van der Waals surface area contributed by atoms with Gasteiger partial charge in [0.15, 0.2) is 5.96 Å². The summed E-state index contributed by atoms with van der Waals surface area (Å²) in [5.74, 6) is -0.00367. The van der Waals surface area contributed by atoms with Crippen molar-refractivity contribution in [3.8, 4) is 0 Å². The lowest BCUT2D eigenvalue weighted by atomic mass is 10.1. The van der Waals surface area contributed by atoms with Gasteiger partial charge >= 0.3 is 0 Å². The van der Waals surface area contributed by atoms with E-state index in [1.165, 1.54) is 6.07 Å². The molecule has 0 atom stereocenters. The van der Waals surface area contributed by atoms with Crippen molar-refractivity contribution < 1.29 is 14.0 Å². The molecule has 1 aliphatic heterocycles.